The molecular weight excluding hydrogens is 352 g/mol. The van der Waals surface area contributed by atoms with Crippen LogP contribution in [0.25, 0.3) is 0 Å². The molecule has 0 unspecified atom stereocenters. The third-order valence-corrected chi connectivity index (χ3v) is 3.91. The van der Waals surface area contributed by atoms with E-state index in [1.54, 1.807) is 0 Å². The van der Waals surface area contributed by atoms with Crippen molar-refractivity contribution in [2.75, 3.05) is 18.4 Å². The van der Waals surface area contributed by atoms with E-state index in [2.05, 4.69) is 26.6 Å². The maximum Gasteiger partial charge on any atom is 0.239 e. The number of anilines is 1. The van der Waals surface area contributed by atoms with E-state index < -0.39 is 0 Å². The van der Waals surface area contributed by atoms with Gasteiger partial charge in [0.1, 0.15) is 0 Å². The Bertz CT molecular complexity index is 601. The second kappa shape index (κ2) is 8.05. The number of para-hydroxylation sites is 1. The summed E-state index contributed by atoms with van der Waals surface area (Å²) in [6.45, 7) is 0.862. The van der Waals surface area contributed by atoms with Gasteiger partial charge in [0, 0.05) is 21.7 Å². The summed E-state index contributed by atoms with van der Waals surface area (Å²) in [5.74, 6) is -0.0280. The molecule has 0 aromatic heterocycles. The van der Waals surface area contributed by atoms with Crippen LogP contribution >= 0.6 is 27.5 Å². The molecule has 0 aliphatic carbocycles. The number of halogens is 2. The monoisotopic (exact) mass is 366 g/mol. The Labute approximate surface area is 137 Å². The van der Waals surface area contributed by atoms with Crippen LogP contribution in [-0.2, 0) is 11.2 Å². The summed E-state index contributed by atoms with van der Waals surface area (Å²) < 4.78 is 0.943. The van der Waals surface area contributed by atoms with Crippen molar-refractivity contribution < 1.29 is 4.79 Å². The zero-order valence-corrected chi connectivity index (χ0v) is 13.7. The number of hydrogen-bond donors (Lipinski definition) is 2. The molecule has 0 saturated carbocycles. The minimum atomic E-state index is -0.0280. The standard InChI is InChI=1S/C16H16BrClN2O/c17-14-3-1-2-4-15(14)20-11-16(21)19-10-9-12-5-7-13(18)8-6-12/h1-8,20H,9-11H2,(H,19,21). The number of carbonyl (C=O) groups excluding carboxylic acids is 1. The van der Waals surface area contributed by atoms with E-state index in [0.29, 0.717) is 6.54 Å². The molecule has 0 fully saturated rings. The lowest BCUT2D eigenvalue weighted by Gasteiger charge is -2.09. The molecular formula is C16H16BrClN2O. The van der Waals surface area contributed by atoms with Crippen molar-refractivity contribution in [2.24, 2.45) is 0 Å². The summed E-state index contributed by atoms with van der Waals surface area (Å²) >= 11 is 9.26. The van der Waals surface area contributed by atoms with E-state index in [1.807, 2.05) is 48.5 Å². The van der Waals surface area contributed by atoms with Crippen molar-refractivity contribution in [3.05, 3.63) is 63.6 Å². The quantitative estimate of drug-likeness (QED) is 0.813. The molecule has 0 spiro atoms. The van der Waals surface area contributed by atoms with Crippen LogP contribution < -0.4 is 10.6 Å². The molecule has 2 rings (SSSR count). The maximum absolute atomic E-state index is 11.8. The van der Waals surface area contributed by atoms with E-state index in [9.17, 15) is 4.79 Å². The molecule has 0 heterocycles. The third kappa shape index (κ3) is 5.40. The van der Waals surface area contributed by atoms with E-state index in [-0.39, 0.29) is 12.5 Å². The van der Waals surface area contributed by atoms with Crippen LogP contribution in [0.3, 0.4) is 0 Å². The van der Waals surface area contributed by atoms with Gasteiger partial charge in [-0.2, -0.15) is 0 Å². The Hall–Kier alpha value is -1.52. The van der Waals surface area contributed by atoms with Gasteiger partial charge in [0.05, 0.1) is 6.54 Å². The van der Waals surface area contributed by atoms with Gasteiger partial charge in [-0.3, -0.25) is 4.79 Å². The lowest BCUT2D eigenvalue weighted by Crippen LogP contribution is -2.31. The van der Waals surface area contributed by atoms with Crippen molar-refractivity contribution in [1.29, 1.82) is 0 Å². The molecule has 21 heavy (non-hydrogen) atoms. The van der Waals surface area contributed by atoms with Gasteiger partial charge in [0.2, 0.25) is 5.91 Å². The molecule has 2 N–H and O–H groups in total. The fraction of sp³-hybridized carbons (Fsp3) is 0.188. The molecule has 5 heteroatoms. The van der Waals surface area contributed by atoms with Crippen molar-refractivity contribution in [3.8, 4) is 0 Å². The fourth-order valence-corrected chi connectivity index (χ4v) is 2.39. The van der Waals surface area contributed by atoms with Gasteiger partial charge in [-0.05, 0) is 52.2 Å². The molecule has 0 aliphatic rings. The smallest absolute Gasteiger partial charge is 0.239 e. The van der Waals surface area contributed by atoms with Gasteiger partial charge in [-0.15, -0.1) is 0 Å². The number of hydrogen-bond acceptors (Lipinski definition) is 2. The second-order valence-corrected chi connectivity index (χ2v) is 5.85. The van der Waals surface area contributed by atoms with Gasteiger partial charge in [0.25, 0.3) is 0 Å². The van der Waals surface area contributed by atoms with E-state index >= 15 is 0 Å². The van der Waals surface area contributed by atoms with Crippen molar-refractivity contribution in [1.82, 2.24) is 5.32 Å². The highest BCUT2D eigenvalue weighted by Crippen LogP contribution is 2.20. The second-order valence-electron chi connectivity index (χ2n) is 4.56. The Morgan fingerprint density at radius 2 is 1.81 bits per heavy atom. The number of benzene rings is 2. The Morgan fingerprint density at radius 3 is 2.52 bits per heavy atom. The minimum absolute atomic E-state index is 0.0280. The lowest BCUT2D eigenvalue weighted by molar-refractivity contribution is -0.119. The molecule has 1 amide bonds. The highest BCUT2D eigenvalue weighted by molar-refractivity contribution is 9.10. The highest BCUT2D eigenvalue weighted by Gasteiger charge is 2.03. The van der Waals surface area contributed by atoms with Gasteiger partial charge < -0.3 is 10.6 Å². The molecule has 0 radical (unpaired) electrons. The van der Waals surface area contributed by atoms with Crippen LogP contribution in [0.5, 0.6) is 0 Å². The number of amides is 1. The van der Waals surface area contributed by atoms with Crippen LogP contribution in [0.1, 0.15) is 5.56 Å². The largest absolute Gasteiger partial charge is 0.375 e. The first-order valence-corrected chi connectivity index (χ1v) is 7.82. The van der Waals surface area contributed by atoms with E-state index in [0.717, 1.165) is 27.2 Å². The molecule has 0 atom stereocenters. The summed E-state index contributed by atoms with van der Waals surface area (Å²) in [6.07, 6.45) is 0.790. The van der Waals surface area contributed by atoms with Crippen LogP contribution in [0.2, 0.25) is 5.02 Å². The first kappa shape index (κ1) is 15.9. The third-order valence-electron chi connectivity index (χ3n) is 2.96. The Balaban J connectivity index is 1.70. The number of nitrogens with one attached hydrogen (secondary N) is 2. The SMILES string of the molecule is O=C(CNc1ccccc1Br)NCCc1ccc(Cl)cc1. The van der Waals surface area contributed by atoms with Crippen molar-refractivity contribution in [2.45, 2.75) is 6.42 Å². The van der Waals surface area contributed by atoms with E-state index in [4.69, 9.17) is 11.6 Å². The average molecular weight is 368 g/mol. The normalized spacial score (nSPS) is 10.2. The summed E-state index contributed by atoms with van der Waals surface area (Å²) in [5.41, 5.74) is 2.06. The fourth-order valence-electron chi connectivity index (χ4n) is 1.84. The number of rotatable bonds is 6. The molecule has 0 saturated heterocycles. The van der Waals surface area contributed by atoms with Gasteiger partial charge in [-0.25, -0.2) is 0 Å². The Morgan fingerprint density at radius 1 is 1.10 bits per heavy atom. The van der Waals surface area contributed by atoms with Gasteiger partial charge in [-0.1, -0.05) is 35.9 Å². The highest BCUT2D eigenvalue weighted by atomic mass is 79.9. The van der Waals surface area contributed by atoms with Crippen LogP contribution in [-0.4, -0.2) is 19.0 Å². The van der Waals surface area contributed by atoms with Crippen LogP contribution in [0.4, 0.5) is 5.69 Å². The van der Waals surface area contributed by atoms with Gasteiger partial charge in [0.15, 0.2) is 0 Å². The van der Waals surface area contributed by atoms with Crippen molar-refractivity contribution >= 4 is 39.1 Å². The maximum atomic E-state index is 11.8. The first-order chi connectivity index (χ1) is 10.1. The Kier molecular flexibility index (Phi) is 6.08. The average Bonchev–Trinajstić information content (AvgIpc) is 2.48. The zero-order valence-electron chi connectivity index (χ0n) is 11.4. The summed E-state index contributed by atoms with van der Waals surface area (Å²) in [4.78, 5) is 11.8. The summed E-state index contributed by atoms with van der Waals surface area (Å²) in [6, 6.07) is 15.3. The van der Waals surface area contributed by atoms with Crippen LogP contribution in [0.15, 0.2) is 53.0 Å². The van der Waals surface area contributed by atoms with Crippen LogP contribution in [0, 0.1) is 0 Å². The lowest BCUT2D eigenvalue weighted by atomic mass is 10.1. The summed E-state index contributed by atoms with van der Waals surface area (Å²) in [7, 11) is 0. The predicted molar refractivity (Wildman–Crippen MR) is 90.8 cm³/mol. The molecule has 0 bridgehead atoms. The molecule has 2 aromatic carbocycles. The predicted octanol–water partition coefficient (Wildman–Crippen LogP) is 3.87. The molecule has 0 aliphatic heterocycles. The molecule has 110 valence electrons. The topological polar surface area (TPSA) is 41.1 Å². The summed E-state index contributed by atoms with van der Waals surface area (Å²) in [5, 5.41) is 6.70. The first-order valence-electron chi connectivity index (χ1n) is 6.65. The van der Waals surface area contributed by atoms with Gasteiger partial charge >= 0.3 is 0 Å². The molecule has 2 aromatic rings. The minimum Gasteiger partial charge on any atom is -0.375 e. The molecule has 3 nitrogen and oxygen atoms in total. The van der Waals surface area contributed by atoms with E-state index in [1.165, 1.54) is 0 Å². The zero-order chi connectivity index (χ0) is 15.1. The van der Waals surface area contributed by atoms with Crippen molar-refractivity contribution in [3.63, 3.8) is 0 Å². The number of carbonyl (C=O) groups is 1.